The van der Waals surface area contributed by atoms with E-state index in [4.69, 9.17) is 4.74 Å². The van der Waals surface area contributed by atoms with Crippen molar-refractivity contribution in [2.75, 3.05) is 20.2 Å². The van der Waals surface area contributed by atoms with E-state index in [0.717, 1.165) is 19.5 Å². The first kappa shape index (κ1) is 10.4. The molecular weight excluding hydrogens is 193 g/mol. The van der Waals surface area contributed by atoms with Crippen molar-refractivity contribution in [3.63, 3.8) is 0 Å². The molecule has 1 aliphatic rings. The summed E-state index contributed by atoms with van der Waals surface area (Å²) in [6.07, 6.45) is -0.0182. The van der Waals surface area contributed by atoms with Crippen LogP contribution in [0.4, 0.5) is 4.39 Å². The van der Waals surface area contributed by atoms with Crippen molar-refractivity contribution in [1.82, 2.24) is 5.32 Å². The fraction of sp³-hybridized carbons (Fsp3) is 0.500. The molecule has 0 radical (unpaired) electrons. The highest BCUT2D eigenvalue weighted by Gasteiger charge is 2.27. The molecule has 2 atom stereocenters. The molecule has 0 bridgehead atoms. The molecule has 2 unspecified atom stereocenters. The second-order valence-corrected chi connectivity index (χ2v) is 3.90. The molecule has 3 heteroatoms. The van der Waals surface area contributed by atoms with Gasteiger partial charge in [-0.05, 0) is 19.0 Å². The normalized spacial score (nSPS) is 22.7. The predicted molar refractivity (Wildman–Crippen MR) is 57.8 cm³/mol. The third kappa shape index (κ3) is 2.12. The van der Waals surface area contributed by atoms with Gasteiger partial charge >= 0.3 is 0 Å². The molecule has 1 aromatic carbocycles. The van der Waals surface area contributed by atoms with Gasteiger partial charge in [-0.1, -0.05) is 18.2 Å². The Morgan fingerprint density at radius 3 is 2.93 bits per heavy atom. The largest absolute Gasteiger partial charge is 0.496 e. The van der Waals surface area contributed by atoms with Gasteiger partial charge in [0.1, 0.15) is 11.9 Å². The maximum atomic E-state index is 14.2. The molecule has 0 aromatic heterocycles. The number of ether oxygens (including phenoxy) is 1. The smallest absolute Gasteiger partial charge is 0.133 e. The van der Waals surface area contributed by atoms with Crippen molar-refractivity contribution in [3.8, 4) is 5.75 Å². The molecule has 82 valence electrons. The molecule has 1 saturated heterocycles. The lowest BCUT2D eigenvalue weighted by molar-refractivity contribution is 0.238. The molecule has 1 aliphatic heterocycles. The van der Waals surface area contributed by atoms with Crippen molar-refractivity contribution in [1.29, 1.82) is 0 Å². The van der Waals surface area contributed by atoms with Crippen molar-refractivity contribution in [3.05, 3.63) is 29.8 Å². The zero-order chi connectivity index (χ0) is 10.7. The van der Waals surface area contributed by atoms with Gasteiger partial charge in [-0.3, -0.25) is 0 Å². The van der Waals surface area contributed by atoms with Crippen LogP contribution in [0.5, 0.6) is 5.75 Å². The molecule has 1 N–H and O–H groups in total. The summed E-state index contributed by atoms with van der Waals surface area (Å²) < 4.78 is 19.3. The van der Waals surface area contributed by atoms with Gasteiger partial charge in [0.15, 0.2) is 0 Å². The highest BCUT2D eigenvalue weighted by molar-refractivity contribution is 5.35. The van der Waals surface area contributed by atoms with E-state index in [1.54, 1.807) is 7.11 Å². The molecule has 1 fully saturated rings. The van der Waals surface area contributed by atoms with Crippen LogP contribution in [0.15, 0.2) is 24.3 Å². The lowest BCUT2D eigenvalue weighted by Crippen LogP contribution is -2.14. The maximum Gasteiger partial charge on any atom is 0.133 e. The summed E-state index contributed by atoms with van der Waals surface area (Å²) >= 11 is 0. The molecule has 0 saturated carbocycles. The molecule has 1 heterocycles. The third-order valence-corrected chi connectivity index (χ3v) is 2.95. The summed E-state index contributed by atoms with van der Waals surface area (Å²) in [6, 6.07) is 7.33. The van der Waals surface area contributed by atoms with Crippen molar-refractivity contribution in [2.24, 2.45) is 5.92 Å². The van der Waals surface area contributed by atoms with Crippen molar-refractivity contribution >= 4 is 0 Å². The van der Waals surface area contributed by atoms with Gasteiger partial charge in [0, 0.05) is 18.0 Å². The van der Waals surface area contributed by atoms with E-state index in [9.17, 15) is 4.39 Å². The Morgan fingerprint density at radius 2 is 2.27 bits per heavy atom. The van der Waals surface area contributed by atoms with Crippen LogP contribution in [-0.2, 0) is 0 Å². The summed E-state index contributed by atoms with van der Waals surface area (Å²) in [5.41, 5.74) is 0.675. The average molecular weight is 209 g/mol. The summed E-state index contributed by atoms with van der Waals surface area (Å²) in [4.78, 5) is 0. The topological polar surface area (TPSA) is 21.3 Å². The molecule has 1 aromatic rings. The van der Waals surface area contributed by atoms with Crippen LogP contribution in [0.1, 0.15) is 18.2 Å². The number of alkyl halides is 1. The van der Waals surface area contributed by atoms with E-state index in [1.165, 1.54) is 0 Å². The molecule has 0 spiro atoms. The monoisotopic (exact) mass is 209 g/mol. The Labute approximate surface area is 89.4 Å². The Kier molecular flexibility index (Phi) is 3.21. The fourth-order valence-corrected chi connectivity index (χ4v) is 2.07. The minimum Gasteiger partial charge on any atom is -0.496 e. The van der Waals surface area contributed by atoms with Crippen LogP contribution in [0.2, 0.25) is 0 Å². The molecule has 0 amide bonds. The summed E-state index contributed by atoms with van der Waals surface area (Å²) in [5, 5.41) is 3.18. The second kappa shape index (κ2) is 4.62. The van der Waals surface area contributed by atoms with Gasteiger partial charge < -0.3 is 10.1 Å². The van der Waals surface area contributed by atoms with Crippen LogP contribution >= 0.6 is 0 Å². The zero-order valence-corrected chi connectivity index (χ0v) is 8.87. The maximum absolute atomic E-state index is 14.2. The number of nitrogens with one attached hydrogen (secondary N) is 1. The van der Waals surface area contributed by atoms with Crippen LogP contribution < -0.4 is 10.1 Å². The van der Waals surface area contributed by atoms with Crippen LogP contribution in [-0.4, -0.2) is 20.2 Å². The van der Waals surface area contributed by atoms with Gasteiger partial charge in [-0.2, -0.15) is 0 Å². The van der Waals surface area contributed by atoms with Gasteiger partial charge in [0.05, 0.1) is 7.11 Å². The Hall–Kier alpha value is -1.09. The minimum atomic E-state index is -0.920. The third-order valence-electron chi connectivity index (χ3n) is 2.95. The average Bonchev–Trinajstić information content (AvgIpc) is 2.81. The number of benzene rings is 1. The first-order valence-corrected chi connectivity index (χ1v) is 5.30. The quantitative estimate of drug-likeness (QED) is 0.824. The highest BCUT2D eigenvalue weighted by Crippen LogP contribution is 2.35. The molecule has 2 rings (SSSR count). The molecular formula is C12H16FNO. The highest BCUT2D eigenvalue weighted by atomic mass is 19.1. The molecule has 15 heavy (non-hydrogen) atoms. The number of halogens is 1. The summed E-state index contributed by atoms with van der Waals surface area (Å²) in [6.45, 7) is 1.68. The first-order valence-electron chi connectivity index (χ1n) is 5.30. The number of hydrogen-bond donors (Lipinski definition) is 1. The van der Waals surface area contributed by atoms with E-state index in [1.807, 2.05) is 24.3 Å². The Balaban J connectivity index is 2.19. The molecule has 0 aliphatic carbocycles. The summed E-state index contributed by atoms with van der Waals surface area (Å²) in [5.74, 6) is 0.734. The summed E-state index contributed by atoms with van der Waals surface area (Å²) in [7, 11) is 1.58. The number of hydrogen-bond acceptors (Lipinski definition) is 2. The van der Waals surface area contributed by atoms with Gasteiger partial charge in [-0.25, -0.2) is 4.39 Å². The van der Waals surface area contributed by atoms with E-state index in [-0.39, 0.29) is 5.92 Å². The standard InChI is InChI=1S/C12H16FNO/c1-15-11-5-3-2-4-10(11)12(13)9-6-7-14-8-9/h2-5,9,12,14H,6-8H2,1H3. The van der Waals surface area contributed by atoms with Crippen LogP contribution in [0.25, 0.3) is 0 Å². The van der Waals surface area contributed by atoms with Gasteiger partial charge in [0.25, 0.3) is 0 Å². The van der Waals surface area contributed by atoms with Crippen molar-refractivity contribution < 1.29 is 9.13 Å². The van der Waals surface area contributed by atoms with Gasteiger partial charge in [-0.15, -0.1) is 0 Å². The number of rotatable bonds is 3. The Bertz CT molecular complexity index is 323. The van der Waals surface area contributed by atoms with E-state index >= 15 is 0 Å². The Morgan fingerprint density at radius 1 is 1.47 bits per heavy atom. The second-order valence-electron chi connectivity index (χ2n) is 3.90. The SMILES string of the molecule is COc1ccccc1C(F)C1CCNC1. The molecule has 2 nitrogen and oxygen atoms in total. The van der Waals surface area contributed by atoms with E-state index in [2.05, 4.69) is 5.32 Å². The predicted octanol–water partition coefficient (Wildman–Crippen LogP) is 2.32. The van der Waals surface area contributed by atoms with E-state index in [0.29, 0.717) is 11.3 Å². The first-order chi connectivity index (χ1) is 7.33. The number of para-hydroxylation sites is 1. The van der Waals surface area contributed by atoms with Crippen LogP contribution in [0.3, 0.4) is 0 Å². The van der Waals surface area contributed by atoms with Crippen LogP contribution in [0, 0.1) is 5.92 Å². The van der Waals surface area contributed by atoms with Gasteiger partial charge in [0.2, 0.25) is 0 Å². The van der Waals surface area contributed by atoms with Crippen molar-refractivity contribution in [2.45, 2.75) is 12.6 Å². The minimum absolute atomic E-state index is 0.0845. The fourth-order valence-electron chi connectivity index (χ4n) is 2.07. The lowest BCUT2D eigenvalue weighted by Gasteiger charge is -2.17. The zero-order valence-electron chi connectivity index (χ0n) is 8.87. The number of methoxy groups -OCH3 is 1. The van der Waals surface area contributed by atoms with E-state index < -0.39 is 6.17 Å². The lowest BCUT2D eigenvalue weighted by atomic mass is 9.96.